The van der Waals surface area contributed by atoms with E-state index in [0.717, 1.165) is 5.82 Å². The third-order valence-electron chi connectivity index (χ3n) is 3.52. The van der Waals surface area contributed by atoms with E-state index in [-0.39, 0.29) is 11.2 Å². The van der Waals surface area contributed by atoms with Crippen LogP contribution in [0.1, 0.15) is 12.7 Å². The molecule has 1 heterocycles. The Morgan fingerprint density at radius 2 is 2.08 bits per heavy atom. The summed E-state index contributed by atoms with van der Waals surface area (Å²) in [6.07, 6.45) is 1.77. The third kappa shape index (κ3) is 4.54. The van der Waals surface area contributed by atoms with Crippen LogP contribution < -0.4 is 14.8 Å². The largest absolute Gasteiger partial charge is 0.493 e. The van der Waals surface area contributed by atoms with Crippen molar-refractivity contribution < 1.29 is 14.3 Å². The first-order chi connectivity index (χ1) is 12.0. The lowest BCUT2D eigenvalue weighted by Crippen LogP contribution is -2.23. The molecule has 25 heavy (non-hydrogen) atoms. The van der Waals surface area contributed by atoms with Crippen LogP contribution in [0.4, 0.5) is 5.69 Å². The van der Waals surface area contributed by atoms with Gasteiger partial charge < -0.3 is 19.4 Å². The monoisotopic (exact) mass is 362 g/mol. The summed E-state index contributed by atoms with van der Waals surface area (Å²) in [7, 11) is 3.12. The van der Waals surface area contributed by atoms with Crippen molar-refractivity contribution in [1.29, 1.82) is 0 Å². The van der Waals surface area contributed by atoms with Gasteiger partial charge in [-0.05, 0) is 26.0 Å². The molecule has 1 aromatic heterocycles. The van der Waals surface area contributed by atoms with Gasteiger partial charge in [-0.25, -0.2) is 0 Å². The lowest BCUT2D eigenvalue weighted by Gasteiger charge is -2.14. The number of allylic oxidation sites excluding steroid dienone is 1. The SMILES string of the molecule is C=CCn1c(C)nnc1SC(C)C(=O)Nc1ccc(OC)c(OC)c1. The van der Waals surface area contributed by atoms with E-state index in [9.17, 15) is 4.79 Å². The molecule has 1 aromatic carbocycles. The number of aryl methyl sites for hydroxylation is 1. The van der Waals surface area contributed by atoms with E-state index in [4.69, 9.17) is 9.47 Å². The molecule has 0 aliphatic heterocycles. The molecule has 0 saturated carbocycles. The molecule has 1 unspecified atom stereocenters. The summed E-state index contributed by atoms with van der Waals surface area (Å²) >= 11 is 1.35. The molecule has 0 bridgehead atoms. The highest BCUT2D eigenvalue weighted by molar-refractivity contribution is 8.00. The summed E-state index contributed by atoms with van der Waals surface area (Å²) in [4.78, 5) is 12.5. The van der Waals surface area contributed by atoms with Crippen molar-refractivity contribution >= 4 is 23.4 Å². The third-order valence-corrected chi connectivity index (χ3v) is 4.60. The predicted molar refractivity (Wildman–Crippen MR) is 98.5 cm³/mol. The normalized spacial score (nSPS) is 11.7. The number of nitrogens with zero attached hydrogens (tertiary/aromatic N) is 3. The molecule has 1 atom stereocenters. The first-order valence-electron chi connectivity index (χ1n) is 7.70. The van der Waals surface area contributed by atoms with Crippen molar-refractivity contribution in [2.45, 2.75) is 30.8 Å². The fourth-order valence-corrected chi connectivity index (χ4v) is 3.06. The van der Waals surface area contributed by atoms with Crippen LogP contribution in [0.5, 0.6) is 11.5 Å². The molecule has 0 fully saturated rings. The standard InChI is InChI=1S/C17H22N4O3S/c1-6-9-21-12(3)19-20-17(21)25-11(2)16(22)18-13-7-8-14(23-4)15(10-13)24-5/h6-8,10-11H,1,9H2,2-5H3,(H,18,22). The van der Waals surface area contributed by atoms with E-state index in [2.05, 4.69) is 22.1 Å². The Hall–Kier alpha value is -2.48. The maximum atomic E-state index is 12.5. The summed E-state index contributed by atoms with van der Waals surface area (Å²) in [5.41, 5.74) is 0.638. The van der Waals surface area contributed by atoms with Crippen molar-refractivity contribution in [2.75, 3.05) is 19.5 Å². The van der Waals surface area contributed by atoms with Crippen LogP contribution in [0.25, 0.3) is 0 Å². The first kappa shape index (κ1) is 18.9. The van der Waals surface area contributed by atoms with Crippen LogP contribution in [0.2, 0.25) is 0 Å². The number of rotatable bonds is 8. The fraction of sp³-hybridized carbons (Fsp3) is 0.353. The number of carbonyl (C=O) groups is 1. The van der Waals surface area contributed by atoms with Crippen LogP contribution >= 0.6 is 11.8 Å². The Morgan fingerprint density at radius 1 is 1.36 bits per heavy atom. The highest BCUT2D eigenvalue weighted by atomic mass is 32.2. The average molecular weight is 362 g/mol. The minimum Gasteiger partial charge on any atom is -0.493 e. The average Bonchev–Trinajstić information content (AvgIpc) is 2.95. The molecule has 2 rings (SSSR count). The van der Waals surface area contributed by atoms with Gasteiger partial charge in [-0.1, -0.05) is 17.8 Å². The molecule has 1 N–H and O–H groups in total. The number of thioether (sulfide) groups is 1. The lowest BCUT2D eigenvalue weighted by molar-refractivity contribution is -0.115. The fourth-order valence-electron chi connectivity index (χ4n) is 2.16. The molecule has 0 radical (unpaired) electrons. The van der Waals surface area contributed by atoms with Crippen molar-refractivity contribution in [2.24, 2.45) is 0 Å². The van der Waals surface area contributed by atoms with Gasteiger partial charge in [-0.2, -0.15) is 0 Å². The van der Waals surface area contributed by atoms with E-state index >= 15 is 0 Å². The van der Waals surface area contributed by atoms with E-state index in [1.165, 1.54) is 11.8 Å². The zero-order chi connectivity index (χ0) is 18.4. The van der Waals surface area contributed by atoms with Gasteiger partial charge in [0.2, 0.25) is 5.91 Å². The van der Waals surface area contributed by atoms with Gasteiger partial charge in [0.15, 0.2) is 16.7 Å². The van der Waals surface area contributed by atoms with Gasteiger partial charge in [0.25, 0.3) is 0 Å². The summed E-state index contributed by atoms with van der Waals surface area (Å²) < 4.78 is 12.4. The molecule has 7 nitrogen and oxygen atoms in total. The minimum atomic E-state index is -0.347. The van der Waals surface area contributed by atoms with Crippen LogP contribution in [-0.4, -0.2) is 40.1 Å². The second kappa shape index (κ2) is 8.57. The van der Waals surface area contributed by atoms with E-state index in [1.807, 2.05) is 18.4 Å². The molecular weight excluding hydrogens is 340 g/mol. The number of aromatic nitrogens is 3. The second-order valence-corrected chi connectivity index (χ2v) is 6.56. The summed E-state index contributed by atoms with van der Waals surface area (Å²) in [5, 5.41) is 11.4. The van der Waals surface area contributed by atoms with Crippen molar-refractivity contribution in [3.05, 3.63) is 36.7 Å². The Bertz CT molecular complexity index is 760. The zero-order valence-electron chi connectivity index (χ0n) is 14.8. The zero-order valence-corrected chi connectivity index (χ0v) is 15.6. The van der Waals surface area contributed by atoms with E-state index in [1.54, 1.807) is 38.5 Å². The minimum absolute atomic E-state index is 0.136. The number of nitrogens with one attached hydrogen (secondary N) is 1. The van der Waals surface area contributed by atoms with Gasteiger partial charge in [0, 0.05) is 18.3 Å². The number of benzene rings is 1. The number of hydrogen-bond donors (Lipinski definition) is 1. The number of methoxy groups -OCH3 is 2. The summed E-state index contributed by atoms with van der Waals surface area (Å²) in [6, 6.07) is 5.23. The van der Waals surface area contributed by atoms with Gasteiger partial charge >= 0.3 is 0 Å². The van der Waals surface area contributed by atoms with Crippen molar-refractivity contribution in [3.63, 3.8) is 0 Å². The highest BCUT2D eigenvalue weighted by Gasteiger charge is 2.19. The van der Waals surface area contributed by atoms with Gasteiger partial charge in [-0.15, -0.1) is 16.8 Å². The number of carbonyl (C=O) groups excluding carboxylic acids is 1. The highest BCUT2D eigenvalue weighted by Crippen LogP contribution is 2.30. The van der Waals surface area contributed by atoms with Crippen molar-refractivity contribution in [3.8, 4) is 11.5 Å². The summed E-state index contributed by atoms with van der Waals surface area (Å²) in [6.45, 7) is 8.03. The molecule has 0 aliphatic carbocycles. The quantitative estimate of drug-likeness (QED) is 0.575. The smallest absolute Gasteiger partial charge is 0.237 e. The number of anilines is 1. The number of hydrogen-bond acceptors (Lipinski definition) is 6. The Kier molecular flexibility index (Phi) is 6.46. The van der Waals surface area contributed by atoms with Crippen LogP contribution in [0, 0.1) is 6.92 Å². The maximum Gasteiger partial charge on any atom is 0.237 e. The van der Waals surface area contributed by atoms with Crippen LogP contribution in [0.15, 0.2) is 36.0 Å². The molecule has 0 aliphatic rings. The van der Waals surface area contributed by atoms with Crippen molar-refractivity contribution in [1.82, 2.24) is 14.8 Å². The van der Waals surface area contributed by atoms with Crippen LogP contribution in [-0.2, 0) is 11.3 Å². The first-order valence-corrected chi connectivity index (χ1v) is 8.58. The maximum absolute atomic E-state index is 12.5. The van der Waals surface area contributed by atoms with Crippen LogP contribution in [0.3, 0.4) is 0 Å². The topological polar surface area (TPSA) is 78.3 Å². The van der Waals surface area contributed by atoms with E-state index < -0.39 is 0 Å². The molecule has 1 amide bonds. The van der Waals surface area contributed by atoms with Gasteiger partial charge in [-0.3, -0.25) is 4.79 Å². The Balaban J connectivity index is 2.07. The molecule has 0 spiro atoms. The Labute approximate surface area is 151 Å². The summed E-state index contributed by atoms with van der Waals surface area (Å²) in [5.74, 6) is 1.82. The number of ether oxygens (including phenoxy) is 2. The van der Waals surface area contributed by atoms with E-state index in [0.29, 0.717) is 28.9 Å². The molecule has 134 valence electrons. The molecule has 0 saturated heterocycles. The molecule has 2 aromatic rings. The predicted octanol–water partition coefficient (Wildman–Crippen LogP) is 2.91. The Morgan fingerprint density at radius 3 is 2.72 bits per heavy atom. The van der Waals surface area contributed by atoms with Gasteiger partial charge in [0.05, 0.1) is 19.5 Å². The lowest BCUT2D eigenvalue weighted by atomic mass is 10.2. The number of amides is 1. The second-order valence-electron chi connectivity index (χ2n) is 5.25. The van der Waals surface area contributed by atoms with Gasteiger partial charge in [0.1, 0.15) is 5.82 Å². The molecule has 8 heteroatoms. The molecular formula is C17H22N4O3S.